The van der Waals surface area contributed by atoms with E-state index in [1.165, 1.54) is 5.56 Å². The lowest BCUT2D eigenvalue weighted by Gasteiger charge is -2.23. The molecule has 1 aromatic carbocycles. The van der Waals surface area contributed by atoms with E-state index in [4.69, 9.17) is 4.74 Å². The van der Waals surface area contributed by atoms with Crippen LogP contribution < -0.4 is 16.2 Å². The van der Waals surface area contributed by atoms with Crippen molar-refractivity contribution in [2.75, 3.05) is 19.8 Å². The molecule has 1 radical (unpaired) electrons. The zero-order valence-corrected chi connectivity index (χ0v) is 17.8. The quantitative estimate of drug-likeness (QED) is 0.652. The number of aromatic nitrogens is 2. The molecule has 2 saturated heterocycles. The molecule has 163 valence electrons. The van der Waals surface area contributed by atoms with Crippen molar-refractivity contribution in [3.8, 4) is 11.3 Å². The first-order chi connectivity index (χ1) is 15.8. The van der Waals surface area contributed by atoms with Gasteiger partial charge in [0.05, 0.1) is 17.4 Å². The van der Waals surface area contributed by atoms with Crippen molar-refractivity contribution in [2.24, 2.45) is 0 Å². The highest BCUT2D eigenvalue weighted by molar-refractivity contribution is 5.94. The van der Waals surface area contributed by atoms with Gasteiger partial charge in [-0.15, -0.1) is 0 Å². The van der Waals surface area contributed by atoms with E-state index in [2.05, 4.69) is 32.2 Å². The maximum absolute atomic E-state index is 12.6. The third-order valence-electron chi connectivity index (χ3n) is 6.14. The van der Waals surface area contributed by atoms with Crippen LogP contribution >= 0.6 is 0 Å². The predicted molar refractivity (Wildman–Crippen MR) is 121 cm³/mol. The van der Waals surface area contributed by atoms with Crippen LogP contribution in [-0.2, 0) is 4.74 Å². The van der Waals surface area contributed by atoms with E-state index in [-0.39, 0.29) is 23.9 Å². The summed E-state index contributed by atoms with van der Waals surface area (Å²) in [4.78, 5) is 21.6. The Morgan fingerprint density at radius 3 is 2.62 bits per heavy atom. The van der Waals surface area contributed by atoms with E-state index in [0.29, 0.717) is 25.3 Å². The smallest absolute Gasteiger partial charge is 0.251 e. The van der Waals surface area contributed by atoms with Gasteiger partial charge in [-0.05, 0) is 54.8 Å². The number of rotatable bonds is 5. The summed E-state index contributed by atoms with van der Waals surface area (Å²) >= 11 is 0. The number of benzene rings is 1. The second kappa shape index (κ2) is 9.56. The molecule has 0 aliphatic carbocycles. The van der Waals surface area contributed by atoms with Crippen molar-refractivity contribution < 1.29 is 9.53 Å². The highest BCUT2D eigenvalue weighted by Crippen LogP contribution is 2.34. The zero-order chi connectivity index (χ0) is 21.8. The molecule has 0 saturated carbocycles. The van der Waals surface area contributed by atoms with Crippen molar-refractivity contribution >= 4 is 5.91 Å². The molecule has 7 heteroatoms. The molecule has 2 aliphatic rings. The fourth-order valence-electron chi connectivity index (χ4n) is 4.31. The summed E-state index contributed by atoms with van der Waals surface area (Å²) < 4.78 is 5.36. The van der Waals surface area contributed by atoms with Crippen molar-refractivity contribution in [3.63, 3.8) is 0 Å². The Kier molecular flexibility index (Phi) is 6.20. The van der Waals surface area contributed by atoms with E-state index in [1.807, 2.05) is 60.9 Å². The molecule has 5 rings (SSSR count). The third-order valence-corrected chi connectivity index (χ3v) is 6.14. The standard InChI is InChI=1S/C25H26N5O2/c31-25(29-20-9-13-32-14-10-20)18-6-4-17(5-7-18)23-15-19(8-12-27-23)21-16-28-30-24(21)22-3-1-2-11-26-22/h1-8,11-12,15,20-21,24,30H,9-10,13-14,16H2,(H,29,31). The number of carbonyl (C=O) groups is 1. The van der Waals surface area contributed by atoms with Gasteiger partial charge < -0.3 is 10.1 Å². The molecular weight excluding hydrogens is 402 g/mol. The topological polar surface area (TPSA) is 90.2 Å². The van der Waals surface area contributed by atoms with E-state index >= 15 is 0 Å². The Balaban J connectivity index is 1.31. The maximum atomic E-state index is 12.6. The van der Waals surface area contributed by atoms with Gasteiger partial charge in [0.25, 0.3) is 5.91 Å². The van der Waals surface area contributed by atoms with Gasteiger partial charge in [0.1, 0.15) is 0 Å². The largest absolute Gasteiger partial charge is 0.381 e. The lowest BCUT2D eigenvalue weighted by molar-refractivity contribution is 0.0696. The van der Waals surface area contributed by atoms with Gasteiger partial charge in [-0.2, -0.15) is 5.43 Å². The number of pyridine rings is 2. The summed E-state index contributed by atoms with van der Waals surface area (Å²) in [7, 11) is 0. The lowest BCUT2D eigenvalue weighted by atomic mass is 9.90. The minimum atomic E-state index is -0.0398. The van der Waals surface area contributed by atoms with E-state index < -0.39 is 0 Å². The molecule has 3 aromatic rings. The summed E-state index contributed by atoms with van der Waals surface area (Å²) in [5.41, 5.74) is 12.3. The van der Waals surface area contributed by atoms with E-state index in [1.54, 1.807) is 0 Å². The number of nitrogens with zero attached hydrogens (tertiary/aromatic N) is 3. The second-order valence-electron chi connectivity index (χ2n) is 8.22. The van der Waals surface area contributed by atoms with Crippen LogP contribution in [0.3, 0.4) is 0 Å². The van der Waals surface area contributed by atoms with Gasteiger partial charge in [0, 0.05) is 55.2 Å². The zero-order valence-electron chi connectivity index (χ0n) is 17.8. The van der Waals surface area contributed by atoms with Crippen molar-refractivity contribution in [3.05, 3.63) is 83.8 Å². The van der Waals surface area contributed by atoms with Crippen LogP contribution in [0, 0.1) is 0 Å². The van der Waals surface area contributed by atoms with Gasteiger partial charge in [-0.1, -0.05) is 18.2 Å². The number of nitrogens with one attached hydrogen (secondary N) is 2. The summed E-state index contributed by atoms with van der Waals surface area (Å²) in [6.07, 6.45) is 5.37. The monoisotopic (exact) mass is 428 g/mol. The first kappa shape index (κ1) is 20.8. The Labute approximate surface area is 187 Å². The van der Waals surface area contributed by atoms with Gasteiger partial charge in [0.15, 0.2) is 0 Å². The molecule has 2 atom stereocenters. The van der Waals surface area contributed by atoms with Crippen molar-refractivity contribution in [2.45, 2.75) is 30.8 Å². The van der Waals surface area contributed by atoms with Crippen LogP contribution in [0.15, 0.2) is 67.0 Å². The molecule has 2 fully saturated rings. The van der Waals surface area contributed by atoms with Gasteiger partial charge >= 0.3 is 0 Å². The molecular formula is C25H26N5O2. The van der Waals surface area contributed by atoms with Crippen molar-refractivity contribution in [1.82, 2.24) is 26.1 Å². The third kappa shape index (κ3) is 4.55. The molecule has 0 spiro atoms. The minimum absolute atomic E-state index is 0.0398. The normalized spacial score (nSPS) is 21.4. The molecule has 32 heavy (non-hydrogen) atoms. The molecule has 1 amide bonds. The summed E-state index contributed by atoms with van der Waals surface area (Å²) in [6, 6.07) is 18.0. The highest BCUT2D eigenvalue weighted by Gasteiger charge is 2.31. The molecule has 2 aromatic heterocycles. The molecule has 0 bridgehead atoms. The summed E-state index contributed by atoms with van der Waals surface area (Å²) in [6.45, 7) is 2.10. The van der Waals surface area contributed by atoms with E-state index in [0.717, 1.165) is 29.8 Å². The minimum Gasteiger partial charge on any atom is -0.381 e. The second-order valence-corrected chi connectivity index (χ2v) is 8.22. The number of carbonyl (C=O) groups excluding carboxylic acids is 1. The van der Waals surface area contributed by atoms with Crippen LogP contribution in [0.4, 0.5) is 0 Å². The van der Waals surface area contributed by atoms with E-state index in [9.17, 15) is 4.79 Å². The first-order valence-electron chi connectivity index (χ1n) is 11.1. The van der Waals surface area contributed by atoms with Gasteiger partial charge in [-0.25, -0.2) is 5.43 Å². The predicted octanol–water partition coefficient (Wildman–Crippen LogP) is 3.00. The van der Waals surface area contributed by atoms with Crippen LogP contribution in [0.1, 0.15) is 46.4 Å². The highest BCUT2D eigenvalue weighted by atomic mass is 16.5. The number of ether oxygens (including phenoxy) is 1. The Morgan fingerprint density at radius 1 is 1.00 bits per heavy atom. The molecule has 2 unspecified atom stereocenters. The number of hydrogen-bond acceptors (Lipinski definition) is 5. The van der Waals surface area contributed by atoms with Crippen LogP contribution in [0.25, 0.3) is 11.3 Å². The Bertz CT molecular complexity index is 1050. The maximum Gasteiger partial charge on any atom is 0.251 e. The fraction of sp³-hybridized carbons (Fsp3) is 0.320. The summed E-state index contributed by atoms with van der Waals surface area (Å²) in [5.74, 6) is 0.151. The number of hydrogen-bond donors (Lipinski definition) is 2. The van der Waals surface area contributed by atoms with Crippen LogP contribution in [-0.4, -0.2) is 41.7 Å². The van der Waals surface area contributed by atoms with Crippen LogP contribution in [0.2, 0.25) is 0 Å². The van der Waals surface area contributed by atoms with Gasteiger partial charge in [-0.3, -0.25) is 14.8 Å². The average Bonchev–Trinajstić information content (AvgIpc) is 3.36. The average molecular weight is 429 g/mol. The lowest BCUT2D eigenvalue weighted by Crippen LogP contribution is -2.38. The number of amides is 1. The molecule has 7 nitrogen and oxygen atoms in total. The molecule has 2 aliphatic heterocycles. The SMILES string of the molecule is O=C(NC1CCOCC1)c1ccc(-c2cc(C3C[N]NC3c3ccccn3)ccn2)cc1. The first-order valence-corrected chi connectivity index (χ1v) is 11.1. The Morgan fingerprint density at radius 2 is 1.84 bits per heavy atom. The van der Waals surface area contributed by atoms with Crippen molar-refractivity contribution in [1.29, 1.82) is 0 Å². The van der Waals surface area contributed by atoms with Gasteiger partial charge in [0.2, 0.25) is 0 Å². The fourth-order valence-corrected chi connectivity index (χ4v) is 4.31. The Hall–Kier alpha value is -3.13. The summed E-state index contributed by atoms with van der Waals surface area (Å²) in [5, 5.41) is 3.10. The molecule has 4 heterocycles. The molecule has 2 N–H and O–H groups in total. The van der Waals surface area contributed by atoms with Crippen LogP contribution in [0.5, 0.6) is 0 Å².